The van der Waals surface area contributed by atoms with Gasteiger partial charge in [0.1, 0.15) is 0 Å². The lowest BCUT2D eigenvalue weighted by Gasteiger charge is -2.11. The van der Waals surface area contributed by atoms with Gasteiger partial charge in [-0.25, -0.2) is 0 Å². The molecule has 1 aromatic heterocycles. The number of aliphatic hydroxyl groups excluding tert-OH is 2. The Morgan fingerprint density at radius 2 is 2.08 bits per heavy atom. The Labute approximate surface area is 82.0 Å². The van der Waals surface area contributed by atoms with Crippen LogP contribution in [0.15, 0.2) is 12.1 Å². The zero-order valence-corrected chi connectivity index (χ0v) is 8.47. The molecule has 3 N–H and O–H groups in total. The third kappa shape index (κ3) is 3.44. The molecule has 0 bridgehead atoms. The first kappa shape index (κ1) is 10.7. The normalized spacial score (nSPS) is 11.1. The second-order valence-electron chi connectivity index (χ2n) is 2.96. The van der Waals surface area contributed by atoms with E-state index < -0.39 is 0 Å². The van der Waals surface area contributed by atoms with Crippen molar-refractivity contribution in [2.24, 2.45) is 0 Å². The quantitative estimate of drug-likeness (QED) is 0.650. The van der Waals surface area contributed by atoms with E-state index in [4.69, 9.17) is 10.2 Å². The predicted octanol–water partition coefficient (Wildman–Crippen LogP) is 0.499. The highest BCUT2D eigenvalue weighted by Crippen LogP contribution is 2.14. The minimum absolute atomic E-state index is 0.0269. The maximum absolute atomic E-state index is 8.79. The van der Waals surface area contributed by atoms with Crippen LogP contribution in [0.2, 0.25) is 0 Å². The summed E-state index contributed by atoms with van der Waals surface area (Å²) in [6, 6.07) is 3.91. The van der Waals surface area contributed by atoms with Crippen molar-refractivity contribution in [3.05, 3.63) is 21.9 Å². The molecule has 0 aliphatic rings. The maximum atomic E-state index is 8.79. The Morgan fingerprint density at radius 3 is 2.54 bits per heavy atom. The molecule has 0 amide bonds. The average molecular weight is 201 g/mol. The molecule has 0 saturated heterocycles. The molecule has 0 atom stereocenters. The van der Waals surface area contributed by atoms with Crippen molar-refractivity contribution in [1.29, 1.82) is 0 Å². The molecule has 0 aromatic carbocycles. The first-order chi connectivity index (χ1) is 6.26. The van der Waals surface area contributed by atoms with Crippen molar-refractivity contribution < 1.29 is 10.2 Å². The summed E-state index contributed by atoms with van der Waals surface area (Å²) in [6.07, 6.45) is 0. The van der Waals surface area contributed by atoms with E-state index in [0.717, 1.165) is 0 Å². The highest BCUT2D eigenvalue weighted by Gasteiger charge is 2.04. The summed E-state index contributed by atoms with van der Waals surface area (Å²) in [5.41, 5.74) is 0. The van der Waals surface area contributed by atoms with E-state index in [1.165, 1.54) is 9.75 Å². The second-order valence-corrected chi connectivity index (χ2v) is 4.33. The van der Waals surface area contributed by atoms with Crippen LogP contribution in [0.25, 0.3) is 0 Å². The van der Waals surface area contributed by atoms with Crippen molar-refractivity contribution in [3.8, 4) is 0 Å². The van der Waals surface area contributed by atoms with Crippen LogP contribution in [0.3, 0.4) is 0 Å². The largest absolute Gasteiger partial charge is 0.395 e. The fourth-order valence-corrected chi connectivity index (χ4v) is 1.85. The van der Waals surface area contributed by atoms with E-state index in [9.17, 15) is 0 Å². The van der Waals surface area contributed by atoms with Crippen LogP contribution < -0.4 is 5.32 Å². The van der Waals surface area contributed by atoms with Gasteiger partial charge in [0.05, 0.1) is 19.3 Å². The number of rotatable bonds is 5. The topological polar surface area (TPSA) is 52.5 Å². The van der Waals surface area contributed by atoms with Crippen LogP contribution in [0.1, 0.15) is 9.75 Å². The summed E-state index contributed by atoms with van der Waals surface area (Å²) in [5, 5.41) is 20.6. The molecule has 0 unspecified atom stereocenters. The summed E-state index contributed by atoms with van der Waals surface area (Å²) in [6.45, 7) is 2.72. The molecule has 4 heteroatoms. The van der Waals surface area contributed by atoms with E-state index >= 15 is 0 Å². The van der Waals surface area contributed by atoms with Gasteiger partial charge < -0.3 is 15.5 Å². The molecule has 0 spiro atoms. The van der Waals surface area contributed by atoms with E-state index in [1.807, 2.05) is 0 Å². The molecular formula is C9H15NO2S. The van der Waals surface area contributed by atoms with Crippen molar-refractivity contribution in [2.45, 2.75) is 19.5 Å². The molecular weight excluding hydrogens is 186 g/mol. The standard InChI is InChI=1S/C9H15NO2S/c1-7-2-3-9(13-7)4-10-8(5-11)6-12/h2-3,8,10-12H,4-6H2,1H3. The molecule has 0 radical (unpaired) electrons. The van der Waals surface area contributed by atoms with Crippen molar-refractivity contribution in [2.75, 3.05) is 13.2 Å². The SMILES string of the molecule is Cc1ccc(CNC(CO)CO)s1. The Bertz CT molecular complexity index is 246. The Hall–Kier alpha value is -0.420. The van der Waals surface area contributed by atoms with Crippen LogP contribution in [0.4, 0.5) is 0 Å². The fraction of sp³-hybridized carbons (Fsp3) is 0.556. The minimum atomic E-state index is -0.206. The van der Waals surface area contributed by atoms with Crippen molar-refractivity contribution in [1.82, 2.24) is 5.32 Å². The molecule has 74 valence electrons. The van der Waals surface area contributed by atoms with Crippen LogP contribution in [-0.4, -0.2) is 29.5 Å². The third-order valence-electron chi connectivity index (χ3n) is 1.80. The highest BCUT2D eigenvalue weighted by molar-refractivity contribution is 7.11. The van der Waals surface area contributed by atoms with Gasteiger partial charge in [-0.3, -0.25) is 0 Å². The lowest BCUT2D eigenvalue weighted by atomic mass is 10.3. The highest BCUT2D eigenvalue weighted by atomic mass is 32.1. The first-order valence-electron chi connectivity index (χ1n) is 4.26. The number of aryl methyl sites for hydroxylation is 1. The Kier molecular flexibility index (Phi) is 4.38. The molecule has 0 fully saturated rings. The van der Waals surface area contributed by atoms with E-state index in [1.54, 1.807) is 11.3 Å². The zero-order chi connectivity index (χ0) is 9.68. The predicted molar refractivity (Wildman–Crippen MR) is 53.9 cm³/mol. The summed E-state index contributed by atoms with van der Waals surface area (Å²) < 4.78 is 0. The minimum Gasteiger partial charge on any atom is -0.395 e. The van der Waals surface area contributed by atoms with Gasteiger partial charge in [-0.15, -0.1) is 11.3 Å². The number of aliphatic hydroxyl groups is 2. The molecule has 3 nitrogen and oxygen atoms in total. The summed E-state index contributed by atoms with van der Waals surface area (Å²) in [5.74, 6) is 0. The molecule has 1 heterocycles. The number of hydrogen-bond donors (Lipinski definition) is 3. The monoisotopic (exact) mass is 201 g/mol. The zero-order valence-electron chi connectivity index (χ0n) is 7.66. The van der Waals surface area contributed by atoms with Gasteiger partial charge >= 0.3 is 0 Å². The van der Waals surface area contributed by atoms with Crippen molar-refractivity contribution >= 4 is 11.3 Å². The molecule has 13 heavy (non-hydrogen) atoms. The van der Waals surface area contributed by atoms with Gasteiger partial charge in [0.15, 0.2) is 0 Å². The third-order valence-corrected chi connectivity index (χ3v) is 2.80. The average Bonchev–Trinajstić information content (AvgIpc) is 2.53. The first-order valence-corrected chi connectivity index (χ1v) is 5.08. The fourth-order valence-electron chi connectivity index (χ4n) is 1.01. The lowest BCUT2D eigenvalue weighted by molar-refractivity contribution is 0.170. The van der Waals surface area contributed by atoms with Crippen LogP contribution in [0.5, 0.6) is 0 Å². The van der Waals surface area contributed by atoms with Gasteiger partial charge in [-0.1, -0.05) is 0 Å². The lowest BCUT2D eigenvalue weighted by Crippen LogP contribution is -2.34. The van der Waals surface area contributed by atoms with Gasteiger partial charge in [-0.05, 0) is 19.1 Å². The number of nitrogens with one attached hydrogen (secondary N) is 1. The van der Waals surface area contributed by atoms with Gasteiger partial charge in [0, 0.05) is 16.3 Å². The van der Waals surface area contributed by atoms with Gasteiger partial charge in [-0.2, -0.15) is 0 Å². The van der Waals surface area contributed by atoms with Crippen molar-refractivity contribution in [3.63, 3.8) is 0 Å². The number of thiophene rings is 1. The molecule has 1 rings (SSSR count). The summed E-state index contributed by atoms with van der Waals surface area (Å²) in [7, 11) is 0. The maximum Gasteiger partial charge on any atom is 0.0607 e. The smallest absolute Gasteiger partial charge is 0.0607 e. The number of hydrogen-bond acceptors (Lipinski definition) is 4. The molecule has 0 saturated carbocycles. The second kappa shape index (κ2) is 5.34. The van der Waals surface area contributed by atoms with E-state index in [-0.39, 0.29) is 19.3 Å². The summed E-state index contributed by atoms with van der Waals surface area (Å²) >= 11 is 1.72. The van der Waals surface area contributed by atoms with Gasteiger partial charge in [0.2, 0.25) is 0 Å². The van der Waals surface area contributed by atoms with Crippen LogP contribution in [0, 0.1) is 6.92 Å². The van der Waals surface area contributed by atoms with Gasteiger partial charge in [0.25, 0.3) is 0 Å². The van der Waals surface area contributed by atoms with Crippen LogP contribution >= 0.6 is 11.3 Å². The van der Waals surface area contributed by atoms with E-state index in [2.05, 4.69) is 24.4 Å². The molecule has 0 aliphatic carbocycles. The Morgan fingerprint density at radius 1 is 1.38 bits per heavy atom. The molecule has 1 aromatic rings. The van der Waals surface area contributed by atoms with E-state index in [0.29, 0.717) is 6.54 Å². The summed E-state index contributed by atoms with van der Waals surface area (Å²) in [4.78, 5) is 2.51. The Balaban J connectivity index is 2.33. The van der Waals surface area contributed by atoms with Crippen LogP contribution in [-0.2, 0) is 6.54 Å². The molecule has 0 aliphatic heterocycles.